The Hall–Kier alpha value is -2.40. The molecule has 5 nitrogen and oxygen atoms in total. The lowest BCUT2D eigenvalue weighted by molar-refractivity contribution is -0.127. The normalized spacial score (nSPS) is 12.6. The van der Waals surface area contributed by atoms with Crippen molar-refractivity contribution in [3.05, 3.63) is 58.9 Å². The Labute approximate surface area is 140 Å². The third kappa shape index (κ3) is 4.79. The Morgan fingerprint density at radius 2 is 2.13 bits per heavy atom. The molecule has 23 heavy (non-hydrogen) atoms. The minimum atomic E-state index is -0.685. The number of aryl methyl sites for hydroxylation is 1. The number of ether oxygens (including phenoxy) is 1. The quantitative estimate of drug-likeness (QED) is 0.675. The van der Waals surface area contributed by atoms with Crippen molar-refractivity contribution in [3.8, 4) is 5.75 Å². The molecule has 1 aromatic carbocycles. The summed E-state index contributed by atoms with van der Waals surface area (Å²) in [4.78, 5) is 16.2. The SMILES string of the molecule is C/C(=N\NC(=O)C(C)Oc1ccc(Cl)cc1C)c1ccccn1. The van der Waals surface area contributed by atoms with Gasteiger partial charge < -0.3 is 4.74 Å². The van der Waals surface area contributed by atoms with Gasteiger partial charge in [-0.1, -0.05) is 17.7 Å². The predicted molar refractivity (Wildman–Crippen MR) is 90.9 cm³/mol. The predicted octanol–water partition coefficient (Wildman–Crippen LogP) is 3.35. The summed E-state index contributed by atoms with van der Waals surface area (Å²) in [6.45, 7) is 5.31. The maximum Gasteiger partial charge on any atom is 0.280 e. The molecule has 6 heteroatoms. The number of rotatable bonds is 5. The molecule has 0 saturated heterocycles. The molecule has 1 unspecified atom stereocenters. The van der Waals surface area contributed by atoms with Gasteiger partial charge in [0.2, 0.25) is 0 Å². The van der Waals surface area contributed by atoms with E-state index in [2.05, 4.69) is 15.5 Å². The monoisotopic (exact) mass is 331 g/mol. The first-order chi connectivity index (χ1) is 11.0. The average molecular weight is 332 g/mol. The number of nitrogens with zero attached hydrogens (tertiary/aromatic N) is 2. The molecule has 2 aromatic rings. The fraction of sp³-hybridized carbons (Fsp3) is 0.235. The number of pyridine rings is 1. The van der Waals surface area contributed by atoms with Gasteiger partial charge in [0.05, 0.1) is 11.4 Å². The summed E-state index contributed by atoms with van der Waals surface area (Å²) in [6, 6.07) is 10.7. The highest BCUT2D eigenvalue weighted by Gasteiger charge is 2.15. The molecule has 0 radical (unpaired) electrons. The van der Waals surface area contributed by atoms with Crippen LogP contribution in [-0.4, -0.2) is 22.7 Å². The van der Waals surface area contributed by atoms with E-state index in [-0.39, 0.29) is 5.91 Å². The molecule has 0 spiro atoms. The maximum absolute atomic E-state index is 12.1. The smallest absolute Gasteiger partial charge is 0.280 e. The van der Waals surface area contributed by atoms with Crippen molar-refractivity contribution in [1.29, 1.82) is 0 Å². The number of halogens is 1. The Balaban J connectivity index is 1.97. The molecule has 0 fully saturated rings. The highest BCUT2D eigenvalue weighted by molar-refractivity contribution is 6.30. The van der Waals surface area contributed by atoms with Crippen LogP contribution in [0, 0.1) is 6.92 Å². The van der Waals surface area contributed by atoms with Crippen molar-refractivity contribution in [2.75, 3.05) is 0 Å². The molecule has 2 rings (SSSR count). The Morgan fingerprint density at radius 1 is 1.35 bits per heavy atom. The number of hydrogen-bond acceptors (Lipinski definition) is 4. The second-order valence-electron chi connectivity index (χ2n) is 5.06. The van der Waals surface area contributed by atoms with E-state index in [0.29, 0.717) is 22.2 Å². The van der Waals surface area contributed by atoms with Crippen LogP contribution in [0.15, 0.2) is 47.7 Å². The number of hydrogen-bond donors (Lipinski definition) is 1. The molecular formula is C17H18ClN3O2. The van der Waals surface area contributed by atoms with Crippen LogP contribution in [0.25, 0.3) is 0 Å². The zero-order chi connectivity index (χ0) is 16.8. The Bertz CT molecular complexity index is 717. The van der Waals surface area contributed by atoms with Crippen LogP contribution in [0.3, 0.4) is 0 Å². The van der Waals surface area contributed by atoms with E-state index in [0.717, 1.165) is 5.56 Å². The summed E-state index contributed by atoms with van der Waals surface area (Å²) in [5.74, 6) is 0.275. The molecule has 0 saturated carbocycles. The van der Waals surface area contributed by atoms with Crippen molar-refractivity contribution in [2.45, 2.75) is 26.9 Å². The average Bonchev–Trinajstić information content (AvgIpc) is 2.55. The van der Waals surface area contributed by atoms with Gasteiger partial charge >= 0.3 is 0 Å². The van der Waals surface area contributed by atoms with Crippen LogP contribution in [0.5, 0.6) is 5.75 Å². The van der Waals surface area contributed by atoms with Crippen LogP contribution in [0.2, 0.25) is 5.02 Å². The first-order valence-corrected chi connectivity index (χ1v) is 7.53. The van der Waals surface area contributed by atoms with Crippen LogP contribution in [0.1, 0.15) is 25.1 Å². The summed E-state index contributed by atoms with van der Waals surface area (Å²) in [6.07, 6.45) is 0.987. The van der Waals surface area contributed by atoms with Gasteiger partial charge in [-0.25, -0.2) is 5.43 Å². The standard InChI is InChI=1S/C17H18ClN3O2/c1-11-10-14(18)7-8-16(11)23-13(3)17(22)21-20-12(2)15-6-4-5-9-19-15/h4-10,13H,1-3H3,(H,21,22)/b20-12+. The highest BCUT2D eigenvalue weighted by atomic mass is 35.5. The van der Waals surface area contributed by atoms with Crippen molar-refractivity contribution in [1.82, 2.24) is 10.4 Å². The van der Waals surface area contributed by atoms with Gasteiger partial charge in [-0.05, 0) is 56.7 Å². The van der Waals surface area contributed by atoms with Gasteiger partial charge in [-0.3, -0.25) is 9.78 Å². The summed E-state index contributed by atoms with van der Waals surface area (Å²) >= 11 is 5.90. The third-order valence-corrected chi connectivity index (χ3v) is 3.41. The number of aromatic nitrogens is 1. The Kier molecular flexibility index (Phi) is 5.71. The van der Waals surface area contributed by atoms with Crippen molar-refractivity contribution < 1.29 is 9.53 Å². The van der Waals surface area contributed by atoms with Gasteiger partial charge in [0.1, 0.15) is 5.75 Å². The van der Waals surface area contributed by atoms with Crippen molar-refractivity contribution >= 4 is 23.2 Å². The molecule has 0 aliphatic carbocycles. The van der Waals surface area contributed by atoms with E-state index in [1.165, 1.54) is 0 Å². The van der Waals surface area contributed by atoms with Crippen molar-refractivity contribution in [2.24, 2.45) is 5.10 Å². The summed E-state index contributed by atoms with van der Waals surface area (Å²) < 4.78 is 5.64. The number of carbonyl (C=O) groups excluding carboxylic acids is 1. The van der Waals surface area contributed by atoms with Crippen LogP contribution >= 0.6 is 11.6 Å². The number of carbonyl (C=O) groups is 1. The Morgan fingerprint density at radius 3 is 2.78 bits per heavy atom. The zero-order valence-electron chi connectivity index (χ0n) is 13.2. The molecule has 0 aliphatic heterocycles. The first-order valence-electron chi connectivity index (χ1n) is 7.15. The molecule has 120 valence electrons. The minimum Gasteiger partial charge on any atom is -0.481 e. The van der Waals surface area contributed by atoms with Gasteiger partial charge in [-0.2, -0.15) is 5.10 Å². The third-order valence-electron chi connectivity index (χ3n) is 3.18. The number of nitrogens with one attached hydrogen (secondary N) is 1. The summed E-state index contributed by atoms with van der Waals surface area (Å²) in [7, 11) is 0. The van der Waals surface area contributed by atoms with E-state index in [1.54, 1.807) is 38.2 Å². The molecule has 1 heterocycles. The lowest BCUT2D eigenvalue weighted by Crippen LogP contribution is -2.34. The van der Waals surface area contributed by atoms with E-state index in [4.69, 9.17) is 16.3 Å². The lowest BCUT2D eigenvalue weighted by Gasteiger charge is -2.15. The van der Waals surface area contributed by atoms with Crippen LogP contribution in [-0.2, 0) is 4.79 Å². The van der Waals surface area contributed by atoms with E-state index < -0.39 is 6.10 Å². The second kappa shape index (κ2) is 7.74. The minimum absolute atomic E-state index is 0.338. The topological polar surface area (TPSA) is 63.6 Å². The van der Waals surface area contributed by atoms with Gasteiger partial charge in [0, 0.05) is 11.2 Å². The molecule has 1 N–H and O–H groups in total. The largest absolute Gasteiger partial charge is 0.481 e. The lowest BCUT2D eigenvalue weighted by atomic mass is 10.2. The maximum atomic E-state index is 12.1. The summed E-state index contributed by atoms with van der Waals surface area (Å²) in [5, 5.41) is 4.67. The molecule has 1 atom stereocenters. The van der Waals surface area contributed by atoms with Gasteiger partial charge in [0.25, 0.3) is 5.91 Å². The number of benzene rings is 1. The highest BCUT2D eigenvalue weighted by Crippen LogP contribution is 2.22. The van der Waals surface area contributed by atoms with E-state index in [9.17, 15) is 4.79 Å². The summed E-state index contributed by atoms with van der Waals surface area (Å²) in [5.41, 5.74) is 4.68. The zero-order valence-corrected chi connectivity index (χ0v) is 14.0. The molecule has 0 aliphatic rings. The van der Waals surface area contributed by atoms with E-state index >= 15 is 0 Å². The van der Waals surface area contributed by atoms with Crippen LogP contribution < -0.4 is 10.2 Å². The van der Waals surface area contributed by atoms with E-state index in [1.807, 2.05) is 25.1 Å². The van der Waals surface area contributed by atoms with Gasteiger partial charge in [0.15, 0.2) is 6.10 Å². The van der Waals surface area contributed by atoms with Crippen molar-refractivity contribution in [3.63, 3.8) is 0 Å². The molecule has 1 aromatic heterocycles. The molecule has 1 amide bonds. The fourth-order valence-electron chi connectivity index (χ4n) is 1.85. The first kappa shape index (κ1) is 17.0. The fourth-order valence-corrected chi connectivity index (χ4v) is 2.08. The molecule has 0 bridgehead atoms. The van der Waals surface area contributed by atoms with Crippen LogP contribution in [0.4, 0.5) is 0 Å². The second-order valence-corrected chi connectivity index (χ2v) is 5.49. The number of amides is 1. The number of hydrazone groups is 1. The molecular weight excluding hydrogens is 314 g/mol. The van der Waals surface area contributed by atoms with Gasteiger partial charge in [-0.15, -0.1) is 0 Å².